The van der Waals surface area contributed by atoms with E-state index in [1.165, 1.54) is 12.8 Å². The van der Waals surface area contributed by atoms with Gasteiger partial charge in [0.1, 0.15) is 0 Å². The zero-order valence-electron chi connectivity index (χ0n) is 10.8. The van der Waals surface area contributed by atoms with E-state index in [1.54, 1.807) is 15.8 Å². The molecule has 1 unspecified atom stereocenters. The average Bonchev–Trinajstić information content (AvgIpc) is 3.05. The highest BCUT2D eigenvalue weighted by atomic mass is 16.2. The number of amides is 1. The first-order chi connectivity index (χ1) is 8.66. The van der Waals surface area contributed by atoms with E-state index in [-0.39, 0.29) is 5.91 Å². The fourth-order valence-electron chi connectivity index (χ4n) is 2.27. The zero-order valence-corrected chi connectivity index (χ0v) is 10.8. The standard InChI is InChI=1S/C12H19N5O/c1-8(9-3-4-9)16(2)12(18)11-7-17(15-14-11)10-5-13-6-10/h7-10,13H,3-6H2,1-2H3. The molecule has 1 atom stereocenters. The minimum absolute atomic E-state index is 0.0204. The SMILES string of the molecule is CC(C1CC1)N(C)C(=O)c1cn(C2CNC2)nn1. The summed E-state index contributed by atoms with van der Waals surface area (Å²) in [6.07, 6.45) is 4.24. The molecule has 18 heavy (non-hydrogen) atoms. The molecule has 3 rings (SSSR count). The van der Waals surface area contributed by atoms with Crippen molar-refractivity contribution in [2.45, 2.75) is 31.8 Å². The van der Waals surface area contributed by atoms with Crippen molar-refractivity contribution in [2.75, 3.05) is 20.1 Å². The normalized spacial score (nSPS) is 21.4. The number of rotatable bonds is 4. The molecule has 1 aliphatic carbocycles. The van der Waals surface area contributed by atoms with Crippen molar-refractivity contribution in [3.05, 3.63) is 11.9 Å². The molecule has 6 heteroatoms. The lowest BCUT2D eigenvalue weighted by atomic mass is 10.2. The number of carbonyl (C=O) groups is 1. The molecule has 1 amide bonds. The first-order valence-electron chi connectivity index (χ1n) is 6.56. The number of carbonyl (C=O) groups excluding carboxylic acids is 1. The van der Waals surface area contributed by atoms with Gasteiger partial charge in [-0.2, -0.15) is 0 Å². The molecule has 0 radical (unpaired) electrons. The molecule has 1 aliphatic heterocycles. The predicted molar refractivity (Wildman–Crippen MR) is 66.2 cm³/mol. The van der Waals surface area contributed by atoms with Crippen molar-refractivity contribution in [3.8, 4) is 0 Å². The maximum atomic E-state index is 12.3. The van der Waals surface area contributed by atoms with E-state index >= 15 is 0 Å². The Labute approximate surface area is 106 Å². The van der Waals surface area contributed by atoms with Crippen LogP contribution in [-0.2, 0) is 0 Å². The Morgan fingerprint density at radius 1 is 1.56 bits per heavy atom. The summed E-state index contributed by atoms with van der Waals surface area (Å²) >= 11 is 0. The van der Waals surface area contributed by atoms with Gasteiger partial charge in [0.25, 0.3) is 5.91 Å². The topological polar surface area (TPSA) is 63.1 Å². The second-order valence-corrected chi connectivity index (χ2v) is 5.39. The molecule has 0 aromatic carbocycles. The largest absolute Gasteiger partial charge is 0.337 e. The molecule has 1 N–H and O–H groups in total. The van der Waals surface area contributed by atoms with Crippen LogP contribution in [0.15, 0.2) is 6.20 Å². The number of hydrogen-bond acceptors (Lipinski definition) is 4. The molecule has 0 bridgehead atoms. The van der Waals surface area contributed by atoms with Crippen LogP contribution in [0.1, 0.15) is 36.3 Å². The average molecular weight is 249 g/mol. The quantitative estimate of drug-likeness (QED) is 0.833. The molecule has 2 aliphatic rings. The van der Waals surface area contributed by atoms with Gasteiger partial charge < -0.3 is 10.2 Å². The predicted octanol–water partition coefficient (Wildman–Crippen LogP) is 0.293. The third kappa shape index (κ3) is 2.01. The minimum atomic E-state index is -0.0204. The van der Waals surface area contributed by atoms with Crippen LogP contribution in [0.25, 0.3) is 0 Å². The van der Waals surface area contributed by atoms with E-state index in [1.807, 2.05) is 7.05 Å². The van der Waals surface area contributed by atoms with Crippen molar-refractivity contribution in [1.29, 1.82) is 0 Å². The second-order valence-electron chi connectivity index (χ2n) is 5.39. The summed E-state index contributed by atoms with van der Waals surface area (Å²) < 4.78 is 1.79. The fraction of sp³-hybridized carbons (Fsp3) is 0.750. The molecule has 98 valence electrons. The molecular weight excluding hydrogens is 230 g/mol. The van der Waals surface area contributed by atoms with Crippen molar-refractivity contribution >= 4 is 5.91 Å². The van der Waals surface area contributed by atoms with E-state index in [0.717, 1.165) is 13.1 Å². The van der Waals surface area contributed by atoms with Gasteiger partial charge in [-0.05, 0) is 25.7 Å². The van der Waals surface area contributed by atoms with Crippen molar-refractivity contribution in [3.63, 3.8) is 0 Å². The lowest BCUT2D eigenvalue weighted by Crippen LogP contribution is -2.43. The summed E-state index contributed by atoms with van der Waals surface area (Å²) in [7, 11) is 1.86. The summed E-state index contributed by atoms with van der Waals surface area (Å²) in [6, 6.07) is 0.651. The van der Waals surface area contributed by atoms with Gasteiger partial charge in [-0.15, -0.1) is 5.10 Å². The Kier molecular flexibility index (Phi) is 2.81. The van der Waals surface area contributed by atoms with Crippen LogP contribution in [0.3, 0.4) is 0 Å². The highest BCUT2D eigenvalue weighted by molar-refractivity contribution is 5.92. The molecule has 1 saturated carbocycles. The molecule has 6 nitrogen and oxygen atoms in total. The third-order valence-corrected chi connectivity index (χ3v) is 4.10. The van der Waals surface area contributed by atoms with Gasteiger partial charge in [0.05, 0.1) is 12.2 Å². The number of aromatic nitrogens is 3. The maximum absolute atomic E-state index is 12.3. The van der Waals surface area contributed by atoms with Crippen molar-refractivity contribution < 1.29 is 4.79 Å². The first kappa shape index (κ1) is 11.6. The molecule has 0 spiro atoms. The van der Waals surface area contributed by atoms with Crippen molar-refractivity contribution in [2.24, 2.45) is 5.92 Å². The Balaban J connectivity index is 1.68. The number of nitrogens with one attached hydrogen (secondary N) is 1. The molecular formula is C12H19N5O. The van der Waals surface area contributed by atoms with Gasteiger partial charge in [-0.3, -0.25) is 4.79 Å². The van der Waals surface area contributed by atoms with Crippen LogP contribution >= 0.6 is 0 Å². The van der Waals surface area contributed by atoms with E-state index < -0.39 is 0 Å². The van der Waals surface area contributed by atoms with Gasteiger partial charge in [0.15, 0.2) is 5.69 Å². The molecule has 2 fully saturated rings. The zero-order chi connectivity index (χ0) is 12.7. The smallest absolute Gasteiger partial charge is 0.276 e. The number of nitrogens with zero attached hydrogens (tertiary/aromatic N) is 4. The van der Waals surface area contributed by atoms with E-state index in [0.29, 0.717) is 23.7 Å². The van der Waals surface area contributed by atoms with Gasteiger partial charge in [-0.25, -0.2) is 4.68 Å². The Bertz CT molecular complexity index is 449. The lowest BCUT2D eigenvalue weighted by Gasteiger charge is -2.26. The summed E-state index contributed by atoms with van der Waals surface area (Å²) in [5, 5.41) is 11.2. The lowest BCUT2D eigenvalue weighted by molar-refractivity contribution is 0.0721. The van der Waals surface area contributed by atoms with Crippen LogP contribution in [0.5, 0.6) is 0 Å². The third-order valence-electron chi connectivity index (χ3n) is 4.10. The maximum Gasteiger partial charge on any atom is 0.276 e. The molecule has 1 aromatic heterocycles. The first-order valence-corrected chi connectivity index (χ1v) is 6.56. The van der Waals surface area contributed by atoms with Gasteiger partial charge in [-0.1, -0.05) is 5.21 Å². The summed E-state index contributed by atoms with van der Waals surface area (Å²) in [6.45, 7) is 3.92. The van der Waals surface area contributed by atoms with E-state index in [9.17, 15) is 4.79 Å². The second kappa shape index (κ2) is 4.35. The summed E-state index contributed by atoms with van der Waals surface area (Å²) in [5.74, 6) is 0.651. The molecule has 1 saturated heterocycles. The highest BCUT2D eigenvalue weighted by Crippen LogP contribution is 2.34. The van der Waals surface area contributed by atoms with Gasteiger partial charge in [0, 0.05) is 26.2 Å². The highest BCUT2D eigenvalue weighted by Gasteiger charge is 2.33. The molecule has 1 aromatic rings. The monoisotopic (exact) mass is 249 g/mol. The Morgan fingerprint density at radius 3 is 2.83 bits per heavy atom. The summed E-state index contributed by atoms with van der Waals surface area (Å²) in [5.41, 5.74) is 0.455. The van der Waals surface area contributed by atoms with Crippen LogP contribution in [0, 0.1) is 5.92 Å². The van der Waals surface area contributed by atoms with Gasteiger partial charge >= 0.3 is 0 Å². The molecule has 2 heterocycles. The van der Waals surface area contributed by atoms with Crippen LogP contribution in [0.2, 0.25) is 0 Å². The van der Waals surface area contributed by atoms with Crippen molar-refractivity contribution in [1.82, 2.24) is 25.2 Å². The summed E-state index contributed by atoms with van der Waals surface area (Å²) in [4.78, 5) is 14.1. The van der Waals surface area contributed by atoms with Crippen LogP contribution in [-0.4, -0.2) is 52.0 Å². The van der Waals surface area contributed by atoms with Crippen LogP contribution < -0.4 is 5.32 Å². The minimum Gasteiger partial charge on any atom is -0.337 e. The Hall–Kier alpha value is -1.43. The van der Waals surface area contributed by atoms with E-state index in [2.05, 4.69) is 22.6 Å². The van der Waals surface area contributed by atoms with E-state index in [4.69, 9.17) is 0 Å². The fourth-order valence-corrected chi connectivity index (χ4v) is 2.27. The van der Waals surface area contributed by atoms with Crippen LogP contribution in [0.4, 0.5) is 0 Å². The van der Waals surface area contributed by atoms with Gasteiger partial charge in [0.2, 0.25) is 0 Å². The Morgan fingerprint density at radius 2 is 2.28 bits per heavy atom. The number of hydrogen-bond donors (Lipinski definition) is 1.